The van der Waals surface area contributed by atoms with E-state index >= 15 is 0 Å². The lowest BCUT2D eigenvalue weighted by atomic mass is 10.4. The maximum atomic E-state index is 13.3. The number of hydrogen-bond donors (Lipinski definition) is 0. The van der Waals surface area contributed by atoms with E-state index in [1.54, 1.807) is 0 Å². The molecule has 1 aromatic carbocycles. The molecule has 0 aliphatic carbocycles. The van der Waals surface area contributed by atoms with Crippen molar-refractivity contribution in [2.24, 2.45) is 0 Å². The fraction of sp³-hybridized carbons (Fsp3) is 0.111. The highest BCUT2D eigenvalue weighted by Gasteiger charge is 2.21. The van der Waals surface area contributed by atoms with Crippen molar-refractivity contribution in [3.63, 3.8) is 0 Å². The van der Waals surface area contributed by atoms with Gasteiger partial charge in [-0.3, -0.25) is 0 Å². The zero-order chi connectivity index (χ0) is 9.68. The summed E-state index contributed by atoms with van der Waals surface area (Å²) in [7, 11) is -1.31. The van der Waals surface area contributed by atoms with Crippen molar-refractivity contribution >= 4 is 24.7 Å². The molecule has 0 N–H and O–H groups in total. The standard InChI is InChI=1S/C9H13FOSi2/c1-2-9(10)13(11-12)8-6-4-3-5-7-8/h2-7,9,13H,1H2,12H3. The molecule has 0 radical (unpaired) electrons. The number of benzene rings is 1. The van der Waals surface area contributed by atoms with Crippen LogP contribution < -0.4 is 5.19 Å². The molecule has 0 spiro atoms. The molecule has 0 saturated heterocycles. The molecule has 0 fully saturated rings. The van der Waals surface area contributed by atoms with Crippen molar-refractivity contribution in [1.29, 1.82) is 0 Å². The van der Waals surface area contributed by atoms with Gasteiger partial charge in [-0.1, -0.05) is 36.4 Å². The highest BCUT2D eigenvalue weighted by molar-refractivity contribution is 6.71. The van der Waals surface area contributed by atoms with E-state index in [-0.39, 0.29) is 0 Å². The van der Waals surface area contributed by atoms with E-state index in [4.69, 9.17) is 4.12 Å². The summed E-state index contributed by atoms with van der Waals surface area (Å²) in [4.78, 5) is 0. The Morgan fingerprint density at radius 2 is 2.08 bits per heavy atom. The molecule has 0 saturated carbocycles. The molecule has 2 atom stereocenters. The van der Waals surface area contributed by atoms with Gasteiger partial charge in [0.05, 0.1) is 0 Å². The quantitative estimate of drug-likeness (QED) is 0.503. The van der Waals surface area contributed by atoms with E-state index in [0.29, 0.717) is 10.5 Å². The Morgan fingerprint density at radius 3 is 2.54 bits per heavy atom. The Labute approximate surface area is 82.5 Å². The Morgan fingerprint density at radius 1 is 1.46 bits per heavy atom. The molecule has 1 nitrogen and oxygen atoms in total. The van der Waals surface area contributed by atoms with E-state index in [9.17, 15) is 4.39 Å². The predicted molar refractivity (Wildman–Crippen MR) is 59.3 cm³/mol. The monoisotopic (exact) mass is 212 g/mol. The van der Waals surface area contributed by atoms with Crippen molar-refractivity contribution in [2.75, 3.05) is 0 Å². The third-order valence-electron chi connectivity index (χ3n) is 1.90. The molecule has 4 heteroatoms. The maximum Gasteiger partial charge on any atom is 0.235 e. The van der Waals surface area contributed by atoms with E-state index in [1.807, 2.05) is 30.3 Å². The van der Waals surface area contributed by atoms with Crippen LogP contribution in [0.4, 0.5) is 4.39 Å². The number of rotatable bonds is 4. The van der Waals surface area contributed by atoms with Crippen molar-refractivity contribution in [3.8, 4) is 0 Å². The Balaban J connectivity index is 2.84. The summed E-state index contributed by atoms with van der Waals surface area (Å²) in [5.41, 5.74) is 0. The van der Waals surface area contributed by atoms with Gasteiger partial charge < -0.3 is 4.12 Å². The minimum atomic E-state index is -1.89. The van der Waals surface area contributed by atoms with Crippen LogP contribution in [0.15, 0.2) is 43.0 Å². The van der Waals surface area contributed by atoms with Crippen LogP contribution in [0.1, 0.15) is 0 Å². The molecular formula is C9H13FOSi2. The number of hydrogen-bond acceptors (Lipinski definition) is 1. The first kappa shape index (κ1) is 10.4. The first-order valence-corrected chi connectivity index (χ1v) is 6.67. The first-order chi connectivity index (χ1) is 6.29. The van der Waals surface area contributed by atoms with Crippen molar-refractivity contribution < 1.29 is 8.51 Å². The van der Waals surface area contributed by atoms with Gasteiger partial charge in [0.2, 0.25) is 9.04 Å². The molecule has 1 aromatic rings. The molecule has 0 aromatic heterocycles. The molecule has 0 bridgehead atoms. The zero-order valence-corrected chi connectivity index (χ0v) is 10.8. The lowest BCUT2D eigenvalue weighted by Crippen LogP contribution is -2.41. The molecule has 0 amide bonds. The van der Waals surface area contributed by atoms with Crippen LogP contribution in [0.25, 0.3) is 0 Å². The summed E-state index contributed by atoms with van der Waals surface area (Å²) in [5.74, 6) is -0.986. The maximum absolute atomic E-state index is 13.3. The molecule has 2 unspecified atom stereocenters. The van der Waals surface area contributed by atoms with Crippen LogP contribution in [0, 0.1) is 0 Å². The zero-order valence-electron chi connectivity index (χ0n) is 7.61. The van der Waals surface area contributed by atoms with Gasteiger partial charge in [-0.2, -0.15) is 0 Å². The first-order valence-electron chi connectivity index (χ1n) is 4.14. The van der Waals surface area contributed by atoms with Crippen molar-refractivity contribution in [1.82, 2.24) is 0 Å². The van der Waals surface area contributed by atoms with Gasteiger partial charge in [-0.05, 0) is 5.19 Å². The molecule has 13 heavy (non-hydrogen) atoms. The SMILES string of the molecule is C=CC(F)[SiH](O[SiH3])c1ccccc1. The molecule has 0 aliphatic rings. The Hall–Kier alpha value is -0.716. The third kappa shape index (κ3) is 2.62. The van der Waals surface area contributed by atoms with Gasteiger partial charge in [0.25, 0.3) is 0 Å². The van der Waals surface area contributed by atoms with Gasteiger partial charge in [0.15, 0.2) is 0 Å². The number of alkyl halides is 1. The third-order valence-corrected chi connectivity index (χ3v) is 5.82. The molecule has 0 heterocycles. The van der Waals surface area contributed by atoms with Gasteiger partial charge in [-0.25, -0.2) is 4.39 Å². The summed E-state index contributed by atoms with van der Waals surface area (Å²) in [6.45, 7) is 3.45. The van der Waals surface area contributed by atoms with Gasteiger partial charge >= 0.3 is 0 Å². The van der Waals surface area contributed by atoms with E-state index in [2.05, 4.69) is 6.58 Å². The normalized spacial score (nSPS) is 15.2. The predicted octanol–water partition coefficient (Wildman–Crippen LogP) is -0.0223. The molecule has 1 rings (SSSR count). The van der Waals surface area contributed by atoms with Crippen LogP contribution in [0.2, 0.25) is 0 Å². The van der Waals surface area contributed by atoms with Gasteiger partial charge in [0.1, 0.15) is 16.3 Å². The summed E-state index contributed by atoms with van der Waals surface area (Å²) >= 11 is 0. The minimum absolute atomic E-state index is 0.583. The lowest BCUT2D eigenvalue weighted by Gasteiger charge is -2.15. The number of allylic oxidation sites excluding steroid dienone is 1. The second kappa shape index (κ2) is 5.11. The topological polar surface area (TPSA) is 9.23 Å². The fourth-order valence-electron chi connectivity index (χ4n) is 1.22. The second-order valence-corrected chi connectivity index (χ2v) is 6.78. The average molecular weight is 212 g/mol. The van der Waals surface area contributed by atoms with Crippen LogP contribution in [-0.4, -0.2) is 25.3 Å². The summed E-state index contributed by atoms with van der Waals surface area (Å²) in [6.07, 6.45) is 1.34. The summed E-state index contributed by atoms with van der Waals surface area (Å²) in [5, 5.41) is 1.00. The van der Waals surface area contributed by atoms with Crippen LogP contribution in [0.5, 0.6) is 0 Å². The summed E-state index contributed by atoms with van der Waals surface area (Å²) < 4.78 is 18.6. The van der Waals surface area contributed by atoms with Gasteiger partial charge in [-0.15, -0.1) is 6.58 Å². The van der Waals surface area contributed by atoms with E-state index < -0.39 is 14.8 Å². The molecule has 0 aliphatic heterocycles. The fourth-order valence-corrected chi connectivity index (χ4v) is 4.56. The minimum Gasteiger partial charge on any atom is -0.461 e. The highest BCUT2D eigenvalue weighted by atomic mass is 28.3. The van der Waals surface area contributed by atoms with Crippen LogP contribution in [-0.2, 0) is 4.12 Å². The Kier molecular flexibility index (Phi) is 4.07. The second-order valence-electron chi connectivity index (χ2n) is 2.75. The van der Waals surface area contributed by atoms with Crippen LogP contribution >= 0.6 is 0 Å². The van der Waals surface area contributed by atoms with Crippen molar-refractivity contribution in [3.05, 3.63) is 43.0 Å². The number of halogens is 1. The average Bonchev–Trinajstić information content (AvgIpc) is 2.20. The summed E-state index contributed by atoms with van der Waals surface area (Å²) in [6, 6.07) is 9.58. The smallest absolute Gasteiger partial charge is 0.235 e. The highest BCUT2D eigenvalue weighted by Crippen LogP contribution is 2.00. The molecular weight excluding hydrogens is 199 g/mol. The lowest BCUT2D eigenvalue weighted by molar-refractivity contribution is 0.462. The molecule has 70 valence electrons. The largest absolute Gasteiger partial charge is 0.461 e. The van der Waals surface area contributed by atoms with Gasteiger partial charge in [0, 0.05) is 0 Å². The van der Waals surface area contributed by atoms with E-state index in [1.165, 1.54) is 6.08 Å². The van der Waals surface area contributed by atoms with Crippen molar-refractivity contribution in [2.45, 2.75) is 5.79 Å². The van der Waals surface area contributed by atoms with Crippen LogP contribution in [0.3, 0.4) is 0 Å². The Bertz CT molecular complexity index is 266. The van der Waals surface area contributed by atoms with E-state index in [0.717, 1.165) is 5.19 Å².